The van der Waals surface area contributed by atoms with E-state index in [1.54, 1.807) is 20.9 Å². The molecule has 0 radical (unpaired) electrons. The van der Waals surface area contributed by atoms with E-state index in [2.05, 4.69) is 9.98 Å². The summed E-state index contributed by atoms with van der Waals surface area (Å²) < 4.78 is 0. The minimum atomic E-state index is -1.02. The summed E-state index contributed by atoms with van der Waals surface area (Å²) in [6.45, 7) is 5.43. The monoisotopic (exact) mass is 198 g/mol. The number of nitrogens with zero attached hydrogens (tertiary/aromatic N) is 2. The molecule has 4 heteroatoms. The van der Waals surface area contributed by atoms with Crippen molar-refractivity contribution in [2.75, 3.05) is 7.05 Å². The first-order chi connectivity index (χ1) is 5.98. The molecule has 1 aromatic heterocycles. The molecule has 0 fully saturated rings. The van der Waals surface area contributed by atoms with Gasteiger partial charge in [0.15, 0.2) is 5.60 Å². The first kappa shape index (κ1) is 10.3. The van der Waals surface area contributed by atoms with Crippen LogP contribution in [0.4, 0.5) is 0 Å². The quantitative estimate of drug-likeness (QED) is 0.736. The molecular weight excluding hydrogens is 184 g/mol. The lowest BCUT2D eigenvalue weighted by Crippen LogP contribution is -2.30. The minimum absolute atomic E-state index is 0.682. The second kappa shape index (κ2) is 3.55. The SMILES string of the molecule is CN=C(C)C(C)(O)c1nc(C)cs1. The van der Waals surface area contributed by atoms with Gasteiger partial charge in [-0.1, -0.05) is 0 Å². The molecule has 0 aliphatic carbocycles. The van der Waals surface area contributed by atoms with Gasteiger partial charge in [0.05, 0.1) is 0 Å². The van der Waals surface area contributed by atoms with Gasteiger partial charge in [-0.3, -0.25) is 4.99 Å². The van der Waals surface area contributed by atoms with Crippen LogP contribution in [-0.2, 0) is 5.60 Å². The number of aromatic nitrogens is 1. The van der Waals surface area contributed by atoms with E-state index in [1.165, 1.54) is 11.3 Å². The van der Waals surface area contributed by atoms with Crippen LogP contribution in [0.2, 0.25) is 0 Å². The summed E-state index contributed by atoms with van der Waals surface area (Å²) in [5.74, 6) is 0. The zero-order chi connectivity index (χ0) is 10.1. The summed E-state index contributed by atoms with van der Waals surface area (Å²) in [6, 6.07) is 0. The fourth-order valence-corrected chi connectivity index (χ4v) is 1.86. The second-order valence-electron chi connectivity index (χ2n) is 3.18. The molecule has 0 aliphatic heterocycles. The van der Waals surface area contributed by atoms with Gasteiger partial charge in [0.25, 0.3) is 0 Å². The second-order valence-corrected chi connectivity index (χ2v) is 4.03. The molecule has 13 heavy (non-hydrogen) atoms. The number of thiazole rings is 1. The Morgan fingerprint density at radius 2 is 2.31 bits per heavy atom. The number of hydrogen-bond acceptors (Lipinski definition) is 4. The summed E-state index contributed by atoms with van der Waals surface area (Å²) in [7, 11) is 1.67. The van der Waals surface area contributed by atoms with E-state index in [9.17, 15) is 5.11 Å². The van der Waals surface area contributed by atoms with Gasteiger partial charge in [-0.25, -0.2) is 4.98 Å². The van der Waals surface area contributed by atoms with Crippen molar-refractivity contribution < 1.29 is 5.11 Å². The van der Waals surface area contributed by atoms with Gasteiger partial charge < -0.3 is 5.11 Å². The van der Waals surface area contributed by atoms with Gasteiger partial charge in [0, 0.05) is 23.8 Å². The van der Waals surface area contributed by atoms with Crippen LogP contribution in [0.1, 0.15) is 24.5 Å². The van der Waals surface area contributed by atoms with Gasteiger partial charge in [-0.05, 0) is 20.8 Å². The molecular formula is C9H14N2OS. The van der Waals surface area contributed by atoms with Crippen LogP contribution in [0, 0.1) is 6.92 Å². The van der Waals surface area contributed by atoms with Crippen LogP contribution in [-0.4, -0.2) is 22.8 Å². The number of aliphatic hydroxyl groups is 1. The van der Waals surface area contributed by atoms with E-state index in [0.29, 0.717) is 10.7 Å². The fourth-order valence-electron chi connectivity index (χ4n) is 0.950. The maximum Gasteiger partial charge on any atom is 0.150 e. The normalized spacial score (nSPS) is 17.2. The summed E-state index contributed by atoms with van der Waals surface area (Å²) >= 11 is 1.46. The number of rotatable bonds is 2. The molecule has 1 heterocycles. The molecule has 0 saturated carbocycles. The smallest absolute Gasteiger partial charge is 0.150 e. The van der Waals surface area contributed by atoms with E-state index in [1.807, 2.05) is 12.3 Å². The molecule has 1 unspecified atom stereocenters. The van der Waals surface area contributed by atoms with E-state index in [4.69, 9.17) is 0 Å². The van der Waals surface area contributed by atoms with Gasteiger partial charge in [-0.15, -0.1) is 11.3 Å². The van der Waals surface area contributed by atoms with Crippen molar-refractivity contribution in [1.82, 2.24) is 4.98 Å². The highest BCUT2D eigenvalue weighted by Gasteiger charge is 2.29. The highest BCUT2D eigenvalue weighted by Crippen LogP contribution is 2.25. The van der Waals surface area contributed by atoms with Crippen molar-refractivity contribution in [1.29, 1.82) is 0 Å². The molecule has 1 rings (SSSR count). The third-order valence-electron chi connectivity index (χ3n) is 2.08. The molecule has 0 saturated heterocycles. The third kappa shape index (κ3) is 1.95. The Morgan fingerprint density at radius 3 is 2.69 bits per heavy atom. The average Bonchev–Trinajstić information content (AvgIpc) is 2.50. The lowest BCUT2D eigenvalue weighted by atomic mass is 10.0. The molecule has 0 amide bonds. The molecule has 72 valence electrons. The zero-order valence-corrected chi connectivity index (χ0v) is 9.14. The maximum atomic E-state index is 10.1. The number of aryl methyl sites for hydroxylation is 1. The molecule has 1 N–H and O–H groups in total. The Bertz CT molecular complexity index is 328. The van der Waals surface area contributed by atoms with Gasteiger partial charge in [-0.2, -0.15) is 0 Å². The van der Waals surface area contributed by atoms with Crippen LogP contribution >= 0.6 is 11.3 Å². The third-order valence-corrected chi connectivity index (χ3v) is 3.25. The zero-order valence-electron chi connectivity index (χ0n) is 8.33. The molecule has 0 aromatic carbocycles. The van der Waals surface area contributed by atoms with Gasteiger partial charge in [0.1, 0.15) is 5.01 Å². The lowest BCUT2D eigenvalue weighted by molar-refractivity contribution is 0.131. The van der Waals surface area contributed by atoms with Crippen molar-refractivity contribution in [3.63, 3.8) is 0 Å². The first-order valence-corrected chi connectivity index (χ1v) is 4.95. The Morgan fingerprint density at radius 1 is 1.69 bits per heavy atom. The largest absolute Gasteiger partial charge is 0.377 e. The fraction of sp³-hybridized carbons (Fsp3) is 0.556. The Hall–Kier alpha value is -0.740. The lowest BCUT2D eigenvalue weighted by Gasteiger charge is -2.19. The van der Waals surface area contributed by atoms with Crippen LogP contribution in [0.3, 0.4) is 0 Å². The van der Waals surface area contributed by atoms with E-state index < -0.39 is 5.60 Å². The van der Waals surface area contributed by atoms with Crippen LogP contribution in [0.15, 0.2) is 10.4 Å². The Labute approximate surface area is 82.2 Å². The van der Waals surface area contributed by atoms with Crippen molar-refractivity contribution in [3.05, 3.63) is 16.1 Å². The van der Waals surface area contributed by atoms with Crippen LogP contribution in [0.5, 0.6) is 0 Å². The molecule has 0 spiro atoms. The number of aliphatic imine (C=N–C) groups is 1. The van der Waals surface area contributed by atoms with E-state index in [0.717, 1.165) is 5.69 Å². The minimum Gasteiger partial charge on any atom is -0.377 e. The maximum absolute atomic E-state index is 10.1. The average molecular weight is 198 g/mol. The highest BCUT2D eigenvalue weighted by molar-refractivity contribution is 7.10. The predicted molar refractivity (Wildman–Crippen MR) is 55.5 cm³/mol. The predicted octanol–water partition coefficient (Wildman–Crippen LogP) is 1.75. The standard InChI is InChI=1S/C9H14N2OS/c1-6-5-13-8(11-6)9(3,12)7(2)10-4/h5,12H,1-4H3. The molecule has 3 nitrogen and oxygen atoms in total. The van der Waals surface area contributed by atoms with Crippen molar-refractivity contribution in [3.8, 4) is 0 Å². The van der Waals surface area contributed by atoms with Crippen molar-refractivity contribution >= 4 is 17.0 Å². The van der Waals surface area contributed by atoms with Gasteiger partial charge in [0.2, 0.25) is 0 Å². The van der Waals surface area contributed by atoms with Crippen molar-refractivity contribution in [2.24, 2.45) is 4.99 Å². The molecule has 0 aliphatic rings. The number of hydrogen-bond donors (Lipinski definition) is 1. The van der Waals surface area contributed by atoms with E-state index >= 15 is 0 Å². The Balaban J connectivity index is 3.07. The summed E-state index contributed by atoms with van der Waals surface area (Å²) in [5, 5.41) is 12.7. The summed E-state index contributed by atoms with van der Waals surface area (Å²) in [4.78, 5) is 8.22. The molecule has 1 aromatic rings. The highest BCUT2D eigenvalue weighted by atomic mass is 32.1. The Kier molecular flexibility index (Phi) is 2.83. The van der Waals surface area contributed by atoms with Crippen LogP contribution < -0.4 is 0 Å². The van der Waals surface area contributed by atoms with Crippen LogP contribution in [0.25, 0.3) is 0 Å². The first-order valence-electron chi connectivity index (χ1n) is 4.07. The summed E-state index contributed by atoms with van der Waals surface area (Å²) in [6.07, 6.45) is 0. The summed E-state index contributed by atoms with van der Waals surface area (Å²) in [5.41, 5.74) is 0.597. The van der Waals surface area contributed by atoms with E-state index in [-0.39, 0.29) is 0 Å². The molecule has 1 atom stereocenters. The van der Waals surface area contributed by atoms with Crippen molar-refractivity contribution in [2.45, 2.75) is 26.4 Å². The topological polar surface area (TPSA) is 45.5 Å². The van der Waals surface area contributed by atoms with Gasteiger partial charge >= 0.3 is 0 Å². The molecule has 0 bridgehead atoms.